The number of nitrogens with one attached hydrogen (secondary N) is 1. The molecule has 3 N–H and O–H groups in total. The van der Waals surface area contributed by atoms with Gasteiger partial charge in [-0.15, -0.1) is 0 Å². The van der Waals surface area contributed by atoms with Gasteiger partial charge < -0.3 is 11.1 Å². The average Bonchev–Trinajstić information content (AvgIpc) is 2.14. The van der Waals surface area contributed by atoms with E-state index in [-0.39, 0.29) is 0 Å². The molecule has 0 rings (SSSR count). The summed E-state index contributed by atoms with van der Waals surface area (Å²) in [5, 5.41) is 1.69. The standard InChI is InChI=1S/C8H14F4N2O/c1-2-3-5(13)6(15)14-4-8(11,12)7(9)10/h5,7H,2-4,13H2,1H3,(H,14,15)/t5-/m0/s1. The van der Waals surface area contributed by atoms with Gasteiger partial charge in [0.2, 0.25) is 5.91 Å². The highest BCUT2D eigenvalue weighted by molar-refractivity contribution is 5.81. The zero-order valence-electron chi connectivity index (χ0n) is 8.27. The molecule has 0 bridgehead atoms. The van der Waals surface area contributed by atoms with E-state index in [1.807, 2.05) is 0 Å². The van der Waals surface area contributed by atoms with Gasteiger partial charge in [0.05, 0.1) is 12.6 Å². The maximum Gasteiger partial charge on any atom is 0.324 e. The highest BCUT2D eigenvalue weighted by atomic mass is 19.3. The molecule has 0 aliphatic heterocycles. The average molecular weight is 230 g/mol. The van der Waals surface area contributed by atoms with Crippen LogP contribution in [0.5, 0.6) is 0 Å². The summed E-state index contributed by atoms with van der Waals surface area (Å²) in [6, 6.07) is -0.927. The number of rotatable bonds is 6. The number of halogens is 4. The van der Waals surface area contributed by atoms with Gasteiger partial charge in [-0.3, -0.25) is 4.79 Å². The number of carbonyl (C=O) groups excluding carboxylic acids is 1. The Morgan fingerprint density at radius 2 is 2.00 bits per heavy atom. The molecule has 0 aromatic carbocycles. The largest absolute Gasteiger partial charge is 0.348 e. The topological polar surface area (TPSA) is 55.1 Å². The van der Waals surface area contributed by atoms with Gasteiger partial charge in [0.15, 0.2) is 0 Å². The Hall–Kier alpha value is -0.850. The minimum absolute atomic E-state index is 0.325. The Morgan fingerprint density at radius 3 is 2.40 bits per heavy atom. The van der Waals surface area contributed by atoms with Crippen LogP contribution in [0.2, 0.25) is 0 Å². The first kappa shape index (κ1) is 14.2. The van der Waals surface area contributed by atoms with E-state index in [0.29, 0.717) is 12.8 Å². The molecule has 15 heavy (non-hydrogen) atoms. The number of hydrogen-bond donors (Lipinski definition) is 2. The molecule has 0 aromatic heterocycles. The van der Waals surface area contributed by atoms with Crippen LogP contribution in [-0.2, 0) is 4.79 Å². The van der Waals surface area contributed by atoms with Gasteiger partial charge in [0.25, 0.3) is 0 Å². The number of nitrogens with two attached hydrogens (primary N) is 1. The third-order valence-electron chi connectivity index (χ3n) is 1.75. The summed E-state index contributed by atoms with van der Waals surface area (Å²) < 4.78 is 48.1. The lowest BCUT2D eigenvalue weighted by Gasteiger charge is -2.17. The van der Waals surface area contributed by atoms with Gasteiger partial charge in [-0.05, 0) is 6.42 Å². The van der Waals surface area contributed by atoms with Gasteiger partial charge in [-0.2, -0.15) is 8.78 Å². The third-order valence-corrected chi connectivity index (χ3v) is 1.75. The highest BCUT2D eigenvalue weighted by Gasteiger charge is 2.41. The molecule has 7 heteroatoms. The summed E-state index contributed by atoms with van der Waals surface area (Å²) in [5.74, 6) is -5.04. The van der Waals surface area contributed by atoms with Crippen molar-refractivity contribution in [2.75, 3.05) is 6.54 Å². The molecule has 0 radical (unpaired) electrons. The zero-order valence-corrected chi connectivity index (χ0v) is 8.27. The molecule has 0 aromatic rings. The zero-order chi connectivity index (χ0) is 12.1. The lowest BCUT2D eigenvalue weighted by molar-refractivity contribution is -0.137. The van der Waals surface area contributed by atoms with E-state index in [4.69, 9.17) is 5.73 Å². The lowest BCUT2D eigenvalue weighted by atomic mass is 10.1. The fraction of sp³-hybridized carbons (Fsp3) is 0.875. The van der Waals surface area contributed by atoms with Crippen LogP contribution in [0, 0.1) is 0 Å². The van der Waals surface area contributed by atoms with Crippen LogP contribution in [0.4, 0.5) is 17.6 Å². The van der Waals surface area contributed by atoms with E-state index >= 15 is 0 Å². The molecule has 0 saturated carbocycles. The fourth-order valence-corrected chi connectivity index (χ4v) is 0.855. The lowest BCUT2D eigenvalue weighted by Crippen LogP contribution is -2.47. The van der Waals surface area contributed by atoms with Gasteiger partial charge in [-0.1, -0.05) is 13.3 Å². The van der Waals surface area contributed by atoms with Crippen molar-refractivity contribution in [2.24, 2.45) is 5.73 Å². The summed E-state index contributed by atoms with van der Waals surface area (Å²) >= 11 is 0. The molecule has 1 amide bonds. The molecule has 3 nitrogen and oxygen atoms in total. The molecule has 0 fully saturated rings. The monoisotopic (exact) mass is 230 g/mol. The van der Waals surface area contributed by atoms with Crippen molar-refractivity contribution < 1.29 is 22.4 Å². The van der Waals surface area contributed by atoms with E-state index in [0.717, 1.165) is 0 Å². The second kappa shape index (κ2) is 5.89. The predicted octanol–water partition coefficient (Wildman–Crippen LogP) is 1.13. The maximum absolute atomic E-state index is 12.4. The maximum atomic E-state index is 12.4. The summed E-state index contributed by atoms with van der Waals surface area (Å²) in [5.41, 5.74) is 5.29. The first-order valence-electron chi connectivity index (χ1n) is 4.50. The minimum atomic E-state index is -4.21. The molecular formula is C8H14F4N2O. The normalized spacial score (nSPS) is 14.1. The van der Waals surface area contributed by atoms with Crippen molar-refractivity contribution in [3.8, 4) is 0 Å². The second-order valence-electron chi connectivity index (χ2n) is 3.17. The van der Waals surface area contributed by atoms with E-state index in [1.54, 1.807) is 12.2 Å². The SMILES string of the molecule is CCC[C@H](N)C(=O)NCC(F)(F)C(F)F. The Kier molecular flexibility index (Phi) is 5.56. The minimum Gasteiger partial charge on any atom is -0.348 e. The molecule has 1 atom stereocenters. The molecule has 0 saturated heterocycles. The van der Waals surface area contributed by atoms with Crippen molar-refractivity contribution in [2.45, 2.75) is 38.2 Å². The van der Waals surface area contributed by atoms with Gasteiger partial charge in [-0.25, -0.2) is 8.78 Å². The van der Waals surface area contributed by atoms with Crippen LogP contribution in [0.1, 0.15) is 19.8 Å². The Balaban J connectivity index is 4.00. The van der Waals surface area contributed by atoms with Crippen LogP contribution in [0.25, 0.3) is 0 Å². The molecule has 0 heterocycles. The predicted molar refractivity (Wildman–Crippen MR) is 46.8 cm³/mol. The van der Waals surface area contributed by atoms with Gasteiger partial charge in [0.1, 0.15) is 0 Å². The van der Waals surface area contributed by atoms with Gasteiger partial charge >= 0.3 is 12.3 Å². The van der Waals surface area contributed by atoms with Gasteiger partial charge in [0, 0.05) is 0 Å². The summed E-state index contributed by atoms with van der Waals surface area (Å²) in [6.07, 6.45) is -2.86. The summed E-state index contributed by atoms with van der Waals surface area (Å²) in [6.45, 7) is 0.377. The van der Waals surface area contributed by atoms with Crippen molar-refractivity contribution in [3.63, 3.8) is 0 Å². The van der Waals surface area contributed by atoms with E-state index in [2.05, 4.69) is 0 Å². The van der Waals surface area contributed by atoms with Crippen molar-refractivity contribution >= 4 is 5.91 Å². The van der Waals surface area contributed by atoms with Crippen LogP contribution in [-0.4, -0.2) is 30.8 Å². The fourth-order valence-electron chi connectivity index (χ4n) is 0.855. The molecule has 0 spiro atoms. The van der Waals surface area contributed by atoms with E-state index in [1.165, 1.54) is 0 Å². The molecule has 0 aliphatic rings. The Labute approximate surface area is 85.0 Å². The van der Waals surface area contributed by atoms with Crippen LogP contribution >= 0.6 is 0 Å². The molecule has 0 unspecified atom stereocenters. The Morgan fingerprint density at radius 1 is 1.47 bits per heavy atom. The number of hydrogen-bond acceptors (Lipinski definition) is 2. The smallest absolute Gasteiger partial charge is 0.324 e. The molecule has 0 aliphatic carbocycles. The van der Waals surface area contributed by atoms with Crippen LogP contribution in [0.15, 0.2) is 0 Å². The number of amides is 1. The van der Waals surface area contributed by atoms with E-state index < -0.39 is 30.8 Å². The van der Waals surface area contributed by atoms with Crippen LogP contribution < -0.4 is 11.1 Å². The van der Waals surface area contributed by atoms with E-state index in [9.17, 15) is 22.4 Å². The summed E-state index contributed by atoms with van der Waals surface area (Å²) in [4.78, 5) is 11.0. The quantitative estimate of drug-likeness (QED) is 0.672. The third kappa shape index (κ3) is 4.96. The second-order valence-corrected chi connectivity index (χ2v) is 3.17. The number of alkyl halides is 4. The first-order chi connectivity index (χ1) is 6.81. The summed E-state index contributed by atoms with van der Waals surface area (Å²) in [7, 11) is 0. The molecule has 90 valence electrons. The van der Waals surface area contributed by atoms with Crippen molar-refractivity contribution in [3.05, 3.63) is 0 Å². The van der Waals surface area contributed by atoms with Crippen LogP contribution in [0.3, 0.4) is 0 Å². The Bertz CT molecular complexity index is 211. The van der Waals surface area contributed by atoms with Crippen molar-refractivity contribution in [1.29, 1.82) is 0 Å². The van der Waals surface area contributed by atoms with Crippen molar-refractivity contribution in [1.82, 2.24) is 5.32 Å². The molecular weight excluding hydrogens is 216 g/mol. The highest BCUT2D eigenvalue weighted by Crippen LogP contribution is 2.21. The number of carbonyl (C=O) groups is 1. The first-order valence-corrected chi connectivity index (χ1v) is 4.50.